The highest BCUT2D eigenvalue weighted by Gasteiger charge is 2.19. The summed E-state index contributed by atoms with van der Waals surface area (Å²) in [7, 11) is -1.38. The number of β-amino-alcohol motifs (C(OH)–C–C–N with tert-alkyl or cyclic N) is 1. The minimum absolute atomic E-state index is 0.375. The first kappa shape index (κ1) is 21.4. The van der Waals surface area contributed by atoms with Gasteiger partial charge in [0.2, 0.25) is 0 Å². The van der Waals surface area contributed by atoms with E-state index >= 15 is 0 Å². The van der Waals surface area contributed by atoms with Crippen LogP contribution in [0.15, 0.2) is 0 Å². The molecule has 1 unspecified atom stereocenters. The maximum Gasteiger partial charge on any atom is 0.0900 e. The Labute approximate surface area is 146 Å². The van der Waals surface area contributed by atoms with Crippen molar-refractivity contribution in [2.24, 2.45) is 0 Å². The molecule has 140 valence electrons. The van der Waals surface area contributed by atoms with Crippen molar-refractivity contribution in [2.45, 2.75) is 38.2 Å². The standard InChI is InChI=1S/C17H39NO3SSi/c1-22(2,13-14-23(3,4)5)12-6-9-21-16-17(19)15-18-7-10-20-11-8-18/h17,19H,6-16H2,1-5H3. The van der Waals surface area contributed by atoms with Crippen LogP contribution >= 0.6 is 10.0 Å². The fraction of sp³-hybridized carbons (Fsp3) is 1.00. The third-order valence-electron chi connectivity index (χ3n) is 4.27. The smallest absolute Gasteiger partial charge is 0.0900 e. The van der Waals surface area contributed by atoms with E-state index in [0.29, 0.717) is 13.2 Å². The highest BCUT2D eigenvalue weighted by molar-refractivity contribution is 8.32. The first-order chi connectivity index (χ1) is 10.7. The summed E-state index contributed by atoms with van der Waals surface area (Å²) < 4.78 is 11.0. The molecule has 1 aliphatic heterocycles. The zero-order valence-electron chi connectivity index (χ0n) is 16.0. The van der Waals surface area contributed by atoms with E-state index in [1.54, 1.807) is 0 Å². The van der Waals surface area contributed by atoms with Gasteiger partial charge in [-0.1, -0.05) is 25.7 Å². The Morgan fingerprint density at radius 1 is 1.17 bits per heavy atom. The molecule has 1 aliphatic rings. The van der Waals surface area contributed by atoms with Crippen molar-refractivity contribution in [3.63, 3.8) is 0 Å². The van der Waals surface area contributed by atoms with Gasteiger partial charge in [-0.3, -0.25) is 4.90 Å². The highest BCUT2D eigenvalue weighted by atomic mass is 32.3. The second-order valence-corrected chi connectivity index (χ2v) is 18.5. The van der Waals surface area contributed by atoms with Crippen molar-refractivity contribution in [3.05, 3.63) is 0 Å². The van der Waals surface area contributed by atoms with Crippen LogP contribution in [0.25, 0.3) is 0 Å². The van der Waals surface area contributed by atoms with Crippen molar-refractivity contribution in [1.82, 2.24) is 4.90 Å². The van der Waals surface area contributed by atoms with E-state index in [1.165, 1.54) is 17.5 Å². The summed E-state index contributed by atoms with van der Waals surface area (Å²) in [5.41, 5.74) is 0. The predicted octanol–water partition coefficient (Wildman–Crippen LogP) is 2.49. The maximum atomic E-state index is 10.0. The minimum atomic E-state index is -0.915. The van der Waals surface area contributed by atoms with Crippen LogP contribution in [-0.4, -0.2) is 94.3 Å². The Morgan fingerprint density at radius 2 is 1.83 bits per heavy atom. The lowest BCUT2D eigenvalue weighted by Crippen LogP contribution is -2.42. The normalized spacial score (nSPS) is 19.7. The molecule has 4 nitrogen and oxygen atoms in total. The van der Waals surface area contributed by atoms with Gasteiger partial charge in [0.05, 0.1) is 25.9 Å². The number of rotatable bonds is 11. The van der Waals surface area contributed by atoms with E-state index in [1.807, 2.05) is 0 Å². The van der Waals surface area contributed by atoms with Gasteiger partial charge in [-0.05, 0) is 30.4 Å². The van der Waals surface area contributed by atoms with Gasteiger partial charge in [0, 0.05) is 34.3 Å². The van der Waals surface area contributed by atoms with Gasteiger partial charge in [0.1, 0.15) is 0 Å². The fourth-order valence-corrected chi connectivity index (χ4v) is 8.35. The Bertz CT molecular complexity index is 317. The second-order valence-electron chi connectivity index (χ2n) is 8.48. The Morgan fingerprint density at radius 3 is 2.43 bits per heavy atom. The lowest BCUT2D eigenvalue weighted by atomic mass is 10.3. The second kappa shape index (κ2) is 10.4. The molecular weight excluding hydrogens is 326 g/mol. The lowest BCUT2D eigenvalue weighted by molar-refractivity contribution is -0.0138. The van der Waals surface area contributed by atoms with Crippen molar-refractivity contribution in [2.75, 3.05) is 70.1 Å². The van der Waals surface area contributed by atoms with E-state index in [2.05, 4.69) is 37.1 Å². The quantitative estimate of drug-likeness (QED) is 0.451. The summed E-state index contributed by atoms with van der Waals surface area (Å²) in [5, 5.41) is 10.0. The summed E-state index contributed by atoms with van der Waals surface area (Å²) in [4.78, 5) is 2.25. The molecule has 0 aromatic carbocycles. The first-order valence-corrected chi connectivity index (χ1v) is 15.4. The molecule has 1 saturated heterocycles. The summed E-state index contributed by atoms with van der Waals surface area (Å²) in [6, 6.07) is 1.44. The molecule has 0 bridgehead atoms. The number of hydrogen-bond acceptors (Lipinski definition) is 4. The molecule has 1 heterocycles. The monoisotopic (exact) mass is 365 g/mol. The van der Waals surface area contributed by atoms with Gasteiger partial charge in [-0.25, -0.2) is 10.0 Å². The zero-order valence-corrected chi connectivity index (χ0v) is 17.8. The molecule has 0 saturated carbocycles. The van der Waals surface area contributed by atoms with Crippen LogP contribution in [0.3, 0.4) is 0 Å². The number of ether oxygens (including phenoxy) is 2. The van der Waals surface area contributed by atoms with Crippen LogP contribution in [0.4, 0.5) is 0 Å². The Hall–Kier alpha value is 0.407. The average molecular weight is 366 g/mol. The van der Waals surface area contributed by atoms with E-state index in [-0.39, 0.29) is 6.10 Å². The number of aliphatic hydroxyl groups excluding tert-OH is 1. The van der Waals surface area contributed by atoms with Crippen LogP contribution in [0.5, 0.6) is 0 Å². The molecule has 0 radical (unpaired) electrons. The van der Waals surface area contributed by atoms with E-state index < -0.39 is 18.1 Å². The van der Waals surface area contributed by atoms with Crippen LogP contribution in [0.1, 0.15) is 6.42 Å². The minimum Gasteiger partial charge on any atom is -0.389 e. The Kier molecular flexibility index (Phi) is 9.71. The summed E-state index contributed by atoms with van der Waals surface area (Å²) >= 11 is 0. The number of aliphatic hydroxyl groups is 1. The fourth-order valence-electron chi connectivity index (χ4n) is 2.59. The van der Waals surface area contributed by atoms with Crippen molar-refractivity contribution < 1.29 is 14.6 Å². The average Bonchev–Trinajstić information content (AvgIpc) is 2.45. The van der Waals surface area contributed by atoms with E-state index in [4.69, 9.17) is 9.47 Å². The van der Waals surface area contributed by atoms with Crippen LogP contribution in [0.2, 0.25) is 25.7 Å². The Balaban J connectivity index is 2.05. The lowest BCUT2D eigenvalue weighted by Gasteiger charge is -2.33. The SMILES string of the molecule is C[Si](C)(C)CCS(C)(C)CCCOCC(O)CN1CCOCC1. The predicted molar refractivity (Wildman–Crippen MR) is 106 cm³/mol. The van der Waals surface area contributed by atoms with Gasteiger partial charge in [0.25, 0.3) is 0 Å². The molecule has 1 rings (SSSR count). The molecule has 0 aromatic heterocycles. The number of hydrogen-bond donors (Lipinski definition) is 1. The van der Waals surface area contributed by atoms with Crippen LogP contribution < -0.4 is 0 Å². The van der Waals surface area contributed by atoms with Crippen molar-refractivity contribution in [3.8, 4) is 0 Å². The zero-order chi connectivity index (χ0) is 17.3. The number of morpholine rings is 1. The van der Waals surface area contributed by atoms with E-state index in [9.17, 15) is 5.11 Å². The summed E-state index contributed by atoms with van der Waals surface area (Å²) in [5.74, 6) is 2.69. The molecule has 6 heteroatoms. The van der Waals surface area contributed by atoms with Gasteiger partial charge >= 0.3 is 0 Å². The molecule has 0 aromatic rings. The summed E-state index contributed by atoms with van der Waals surface area (Å²) in [6.45, 7) is 12.7. The van der Waals surface area contributed by atoms with Crippen molar-refractivity contribution >= 4 is 18.1 Å². The van der Waals surface area contributed by atoms with Gasteiger partial charge in [0.15, 0.2) is 0 Å². The summed E-state index contributed by atoms with van der Waals surface area (Å²) in [6.07, 6.45) is 5.67. The van der Waals surface area contributed by atoms with E-state index in [0.717, 1.165) is 39.3 Å². The van der Waals surface area contributed by atoms with Crippen molar-refractivity contribution in [1.29, 1.82) is 0 Å². The molecule has 0 aliphatic carbocycles. The molecule has 1 N–H and O–H groups in total. The highest BCUT2D eigenvalue weighted by Crippen LogP contribution is 2.42. The van der Waals surface area contributed by atoms with Crippen LogP contribution in [-0.2, 0) is 9.47 Å². The van der Waals surface area contributed by atoms with Gasteiger partial charge in [-0.15, -0.1) is 0 Å². The molecular formula is C17H39NO3SSi. The first-order valence-electron chi connectivity index (χ1n) is 8.93. The van der Waals surface area contributed by atoms with Gasteiger partial charge in [-0.2, -0.15) is 0 Å². The third-order valence-corrected chi connectivity index (χ3v) is 9.09. The third kappa shape index (κ3) is 11.6. The maximum absolute atomic E-state index is 10.0. The number of nitrogens with zero attached hydrogens (tertiary/aromatic N) is 1. The molecule has 23 heavy (non-hydrogen) atoms. The molecule has 0 spiro atoms. The molecule has 0 amide bonds. The van der Waals surface area contributed by atoms with Crippen LogP contribution in [0, 0.1) is 0 Å². The molecule has 1 fully saturated rings. The largest absolute Gasteiger partial charge is 0.389 e. The van der Waals surface area contributed by atoms with Gasteiger partial charge < -0.3 is 14.6 Å². The molecule has 1 atom stereocenters. The topological polar surface area (TPSA) is 41.9 Å².